The van der Waals surface area contributed by atoms with Crippen LogP contribution in [-0.4, -0.2) is 33.8 Å². The third-order valence-electron chi connectivity index (χ3n) is 3.19. The molecule has 0 atom stereocenters. The number of rotatable bonds is 7. The highest BCUT2D eigenvalue weighted by Gasteiger charge is 2.14. The second kappa shape index (κ2) is 7.40. The van der Waals surface area contributed by atoms with Gasteiger partial charge in [0.15, 0.2) is 17.3 Å². The fourth-order valence-electron chi connectivity index (χ4n) is 2.12. The van der Waals surface area contributed by atoms with E-state index in [1.807, 2.05) is 6.07 Å². The van der Waals surface area contributed by atoms with Crippen molar-refractivity contribution < 1.29 is 23.4 Å². The summed E-state index contributed by atoms with van der Waals surface area (Å²) >= 11 is 0. The third kappa shape index (κ3) is 3.52. The molecule has 1 amide bonds. The highest BCUT2D eigenvalue weighted by molar-refractivity contribution is 5.91. The van der Waals surface area contributed by atoms with Crippen molar-refractivity contribution >= 4 is 5.91 Å². The van der Waals surface area contributed by atoms with Crippen LogP contribution in [-0.2, 0) is 6.42 Å². The van der Waals surface area contributed by atoms with Crippen LogP contribution in [0.5, 0.6) is 17.2 Å². The number of furan rings is 1. The van der Waals surface area contributed by atoms with E-state index in [1.165, 1.54) is 6.26 Å². The van der Waals surface area contributed by atoms with Crippen molar-refractivity contribution in [3.8, 4) is 17.2 Å². The Morgan fingerprint density at radius 2 is 2.00 bits per heavy atom. The number of benzene rings is 1. The molecule has 0 fully saturated rings. The Morgan fingerprint density at radius 3 is 2.59 bits per heavy atom. The minimum atomic E-state index is -0.251. The van der Waals surface area contributed by atoms with Gasteiger partial charge in [-0.3, -0.25) is 4.79 Å². The summed E-state index contributed by atoms with van der Waals surface area (Å²) in [6.45, 7) is 0.437. The van der Waals surface area contributed by atoms with E-state index in [2.05, 4.69) is 5.32 Å². The molecule has 1 aromatic carbocycles. The quantitative estimate of drug-likeness (QED) is 0.850. The minimum Gasteiger partial charge on any atom is -0.497 e. The van der Waals surface area contributed by atoms with E-state index in [-0.39, 0.29) is 11.7 Å². The lowest BCUT2D eigenvalue weighted by molar-refractivity contribution is 0.0926. The largest absolute Gasteiger partial charge is 0.497 e. The average Bonchev–Trinajstić information content (AvgIpc) is 3.08. The summed E-state index contributed by atoms with van der Waals surface area (Å²) in [6, 6.07) is 6.90. The first kappa shape index (κ1) is 15.8. The number of nitrogens with one attached hydrogen (secondary N) is 1. The Balaban J connectivity index is 2.06. The van der Waals surface area contributed by atoms with Gasteiger partial charge in [0.2, 0.25) is 0 Å². The van der Waals surface area contributed by atoms with E-state index >= 15 is 0 Å². The molecule has 118 valence electrons. The average molecular weight is 305 g/mol. The molecule has 0 aliphatic rings. The SMILES string of the molecule is COc1cc(CCNC(=O)c2ccco2)c(OC)c(OC)c1. The van der Waals surface area contributed by atoms with Crippen LogP contribution in [0.25, 0.3) is 0 Å². The fourth-order valence-corrected chi connectivity index (χ4v) is 2.12. The summed E-state index contributed by atoms with van der Waals surface area (Å²) in [5.41, 5.74) is 0.887. The summed E-state index contributed by atoms with van der Waals surface area (Å²) in [6.07, 6.45) is 2.04. The van der Waals surface area contributed by atoms with Gasteiger partial charge < -0.3 is 23.9 Å². The molecule has 0 spiro atoms. The maximum Gasteiger partial charge on any atom is 0.286 e. The lowest BCUT2D eigenvalue weighted by Gasteiger charge is -2.14. The molecule has 6 heteroatoms. The van der Waals surface area contributed by atoms with Crippen molar-refractivity contribution in [3.63, 3.8) is 0 Å². The number of amides is 1. The molecule has 0 unspecified atom stereocenters. The van der Waals surface area contributed by atoms with Crippen molar-refractivity contribution in [2.45, 2.75) is 6.42 Å². The first-order valence-electron chi connectivity index (χ1n) is 6.80. The van der Waals surface area contributed by atoms with E-state index in [4.69, 9.17) is 18.6 Å². The molecular formula is C16H19NO5. The van der Waals surface area contributed by atoms with E-state index in [0.717, 1.165) is 5.56 Å². The highest BCUT2D eigenvalue weighted by atomic mass is 16.5. The van der Waals surface area contributed by atoms with Gasteiger partial charge >= 0.3 is 0 Å². The van der Waals surface area contributed by atoms with Gasteiger partial charge in [-0.15, -0.1) is 0 Å². The molecule has 0 radical (unpaired) electrons. The molecule has 0 saturated carbocycles. The maximum atomic E-state index is 11.8. The molecule has 0 saturated heterocycles. The molecule has 0 aliphatic carbocycles. The molecule has 2 aromatic rings. The number of carbonyl (C=O) groups excluding carboxylic acids is 1. The van der Waals surface area contributed by atoms with Crippen LogP contribution in [0, 0.1) is 0 Å². The zero-order valence-electron chi connectivity index (χ0n) is 12.8. The highest BCUT2D eigenvalue weighted by Crippen LogP contribution is 2.35. The summed E-state index contributed by atoms with van der Waals surface area (Å²) in [5, 5.41) is 2.79. The maximum absolute atomic E-state index is 11.8. The molecule has 1 aromatic heterocycles. The first-order chi connectivity index (χ1) is 10.7. The molecule has 1 heterocycles. The van der Waals surface area contributed by atoms with Crippen LogP contribution < -0.4 is 19.5 Å². The Labute approximate surface area is 129 Å². The van der Waals surface area contributed by atoms with Gasteiger partial charge in [-0.2, -0.15) is 0 Å². The van der Waals surface area contributed by atoms with E-state index in [0.29, 0.717) is 30.2 Å². The normalized spacial score (nSPS) is 10.1. The smallest absolute Gasteiger partial charge is 0.286 e. The lowest BCUT2D eigenvalue weighted by atomic mass is 10.1. The van der Waals surface area contributed by atoms with Crippen molar-refractivity contribution in [2.24, 2.45) is 0 Å². The number of carbonyl (C=O) groups is 1. The Morgan fingerprint density at radius 1 is 1.18 bits per heavy atom. The third-order valence-corrected chi connectivity index (χ3v) is 3.19. The van der Waals surface area contributed by atoms with Crippen molar-refractivity contribution in [1.82, 2.24) is 5.32 Å². The Bertz CT molecular complexity index is 622. The molecule has 0 aliphatic heterocycles. The molecule has 6 nitrogen and oxygen atoms in total. The number of methoxy groups -OCH3 is 3. The molecular weight excluding hydrogens is 286 g/mol. The molecule has 0 bridgehead atoms. The van der Waals surface area contributed by atoms with E-state index in [1.54, 1.807) is 39.5 Å². The van der Waals surface area contributed by atoms with Gasteiger partial charge in [-0.25, -0.2) is 0 Å². The van der Waals surface area contributed by atoms with Gasteiger partial charge in [0, 0.05) is 18.2 Å². The van der Waals surface area contributed by atoms with Gasteiger partial charge in [0.25, 0.3) is 5.91 Å². The second-order valence-corrected chi connectivity index (χ2v) is 4.51. The van der Waals surface area contributed by atoms with Gasteiger partial charge in [0.1, 0.15) is 5.75 Å². The molecule has 2 rings (SSSR count). The topological polar surface area (TPSA) is 69.9 Å². The molecule has 22 heavy (non-hydrogen) atoms. The van der Waals surface area contributed by atoms with Crippen LogP contribution >= 0.6 is 0 Å². The number of ether oxygens (including phenoxy) is 3. The predicted molar refractivity (Wildman–Crippen MR) is 80.8 cm³/mol. The van der Waals surface area contributed by atoms with Crippen LogP contribution in [0.3, 0.4) is 0 Å². The van der Waals surface area contributed by atoms with Crippen LogP contribution in [0.4, 0.5) is 0 Å². The van der Waals surface area contributed by atoms with Crippen molar-refractivity contribution in [2.75, 3.05) is 27.9 Å². The molecule has 1 N–H and O–H groups in total. The minimum absolute atomic E-state index is 0.251. The second-order valence-electron chi connectivity index (χ2n) is 4.51. The summed E-state index contributed by atoms with van der Waals surface area (Å²) in [7, 11) is 4.73. The van der Waals surface area contributed by atoms with Crippen LogP contribution in [0.15, 0.2) is 34.9 Å². The van der Waals surface area contributed by atoms with Gasteiger partial charge in [0.05, 0.1) is 27.6 Å². The van der Waals surface area contributed by atoms with E-state index < -0.39 is 0 Å². The van der Waals surface area contributed by atoms with E-state index in [9.17, 15) is 4.79 Å². The monoisotopic (exact) mass is 305 g/mol. The summed E-state index contributed by atoms with van der Waals surface area (Å²) in [4.78, 5) is 11.8. The van der Waals surface area contributed by atoms with Gasteiger partial charge in [-0.1, -0.05) is 0 Å². The number of hydrogen-bond acceptors (Lipinski definition) is 5. The Hall–Kier alpha value is -2.63. The summed E-state index contributed by atoms with van der Waals surface area (Å²) < 4.78 is 21.0. The zero-order valence-corrected chi connectivity index (χ0v) is 12.8. The summed E-state index contributed by atoms with van der Waals surface area (Å²) in [5.74, 6) is 1.93. The predicted octanol–water partition coefficient (Wildman–Crippen LogP) is 2.28. The Kier molecular flexibility index (Phi) is 5.30. The standard InChI is InChI=1S/C16H19NO5/c1-19-12-9-11(15(21-3)14(10-12)20-2)6-7-17-16(18)13-5-4-8-22-13/h4-5,8-10H,6-7H2,1-3H3,(H,17,18). The van der Waals surface area contributed by atoms with Crippen LogP contribution in [0.1, 0.15) is 16.1 Å². The van der Waals surface area contributed by atoms with Crippen molar-refractivity contribution in [3.05, 3.63) is 41.9 Å². The zero-order chi connectivity index (χ0) is 15.9. The lowest BCUT2D eigenvalue weighted by Crippen LogP contribution is -2.25. The number of hydrogen-bond donors (Lipinski definition) is 1. The fraction of sp³-hybridized carbons (Fsp3) is 0.312. The van der Waals surface area contributed by atoms with Crippen molar-refractivity contribution in [1.29, 1.82) is 0 Å². The van der Waals surface area contributed by atoms with Gasteiger partial charge in [-0.05, 0) is 24.6 Å². The van der Waals surface area contributed by atoms with Crippen LogP contribution in [0.2, 0.25) is 0 Å². The first-order valence-corrected chi connectivity index (χ1v) is 6.80.